The second kappa shape index (κ2) is 3.80. The van der Waals surface area contributed by atoms with Gasteiger partial charge in [0.15, 0.2) is 5.82 Å². The van der Waals surface area contributed by atoms with Crippen molar-refractivity contribution in [1.82, 2.24) is 20.2 Å². The zero-order valence-corrected chi connectivity index (χ0v) is 11.7. The zero-order chi connectivity index (χ0) is 14.0. The number of tetrazole rings is 1. The van der Waals surface area contributed by atoms with Crippen LogP contribution in [0.15, 0.2) is 0 Å². The first-order valence-corrected chi connectivity index (χ1v) is 7.48. The van der Waals surface area contributed by atoms with Gasteiger partial charge in [0.2, 0.25) is 0 Å². The van der Waals surface area contributed by atoms with Crippen LogP contribution in [0, 0.1) is 24.2 Å². The lowest BCUT2D eigenvalue weighted by atomic mass is 9.46. The number of hydrogen-bond acceptors (Lipinski definition) is 4. The molecule has 0 unspecified atom stereocenters. The summed E-state index contributed by atoms with van der Waals surface area (Å²) in [7, 11) is 0. The molecule has 0 spiro atoms. The smallest absolute Gasteiger partial charge is 0.303 e. The first-order valence-electron chi connectivity index (χ1n) is 7.48. The third-order valence-electron chi connectivity index (χ3n) is 5.62. The van der Waals surface area contributed by atoms with Gasteiger partial charge in [-0.25, -0.2) is 0 Å². The second-order valence-corrected chi connectivity index (χ2v) is 7.38. The van der Waals surface area contributed by atoms with E-state index in [2.05, 4.69) is 15.4 Å². The van der Waals surface area contributed by atoms with E-state index in [1.807, 2.05) is 11.7 Å². The van der Waals surface area contributed by atoms with E-state index in [-0.39, 0.29) is 11.0 Å². The fourth-order valence-corrected chi connectivity index (χ4v) is 5.65. The van der Waals surface area contributed by atoms with Crippen molar-refractivity contribution >= 4 is 5.97 Å². The molecule has 1 aromatic heterocycles. The van der Waals surface area contributed by atoms with Gasteiger partial charge < -0.3 is 5.11 Å². The summed E-state index contributed by atoms with van der Waals surface area (Å²) in [6.07, 6.45) is 6.82. The lowest BCUT2D eigenvalue weighted by Gasteiger charge is -2.61. The van der Waals surface area contributed by atoms with Crippen molar-refractivity contribution in [3.05, 3.63) is 5.82 Å². The van der Waals surface area contributed by atoms with Crippen LogP contribution in [0.4, 0.5) is 0 Å². The molecule has 20 heavy (non-hydrogen) atoms. The number of carbonyl (C=O) groups is 1. The summed E-state index contributed by atoms with van der Waals surface area (Å²) in [4.78, 5) is 13.1. The Morgan fingerprint density at radius 2 is 2.05 bits per heavy atom. The standard InChI is InChI=1S/C14H20N4O2/c1-9-15-17-18(16-9)14-5-10-2-11(6-14)4-13(3-10,8-14)7-12(19)20/h10-11H,2-8H2,1H3,(H,19,20)/t10-,11-,13?,14?/m0/s1. The molecule has 0 saturated heterocycles. The van der Waals surface area contributed by atoms with E-state index in [1.165, 1.54) is 6.42 Å². The number of carboxylic acids is 1. The Morgan fingerprint density at radius 1 is 1.35 bits per heavy atom. The SMILES string of the molecule is Cc1nnn(C23C[C@H]4C[C@@H](CC(CC(=O)O)(C4)C2)C3)n1. The highest BCUT2D eigenvalue weighted by Gasteiger charge is 2.60. The summed E-state index contributed by atoms with van der Waals surface area (Å²) in [5.74, 6) is 1.32. The van der Waals surface area contributed by atoms with E-state index in [4.69, 9.17) is 0 Å². The van der Waals surface area contributed by atoms with Crippen molar-refractivity contribution in [3.8, 4) is 0 Å². The van der Waals surface area contributed by atoms with Gasteiger partial charge in [-0.15, -0.1) is 10.2 Å². The summed E-state index contributed by atoms with van der Waals surface area (Å²) in [5.41, 5.74) is -0.0990. The number of carboxylic acid groups (broad SMARTS) is 1. The van der Waals surface area contributed by atoms with Crippen LogP contribution in [0.25, 0.3) is 0 Å². The van der Waals surface area contributed by atoms with Gasteiger partial charge in [-0.1, -0.05) is 0 Å². The minimum absolute atomic E-state index is 0.0303. The van der Waals surface area contributed by atoms with Gasteiger partial charge >= 0.3 is 5.97 Å². The molecular weight excluding hydrogens is 256 g/mol. The van der Waals surface area contributed by atoms with Crippen LogP contribution in [0.5, 0.6) is 0 Å². The maximum absolute atomic E-state index is 11.3. The molecule has 0 aliphatic heterocycles. The average Bonchev–Trinajstić information content (AvgIpc) is 2.72. The zero-order valence-electron chi connectivity index (χ0n) is 11.7. The Morgan fingerprint density at radius 3 is 2.60 bits per heavy atom. The van der Waals surface area contributed by atoms with Gasteiger partial charge in [0.1, 0.15) is 0 Å². The highest BCUT2D eigenvalue weighted by Crippen LogP contribution is 2.64. The molecule has 0 aromatic carbocycles. The molecule has 6 nitrogen and oxygen atoms in total. The lowest BCUT2D eigenvalue weighted by Crippen LogP contribution is -2.57. The fourth-order valence-electron chi connectivity index (χ4n) is 5.65. The van der Waals surface area contributed by atoms with Gasteiger partial charge in [0, 0.05) is 0 Å². The van der Waals surface area contributed by atoms with Crippen LogP contribution in [0.2, 0.25) is 0 Å². The predicted octanol–water partition coefficient (Wildman–Crippen LogP) is 1.75. The summed E-state index contributed by atoms with van der Waals surface area (Å²) in [6.45, 7) is 1.86. The summed E-state index contributed by atoms with van der Waals surface area (Å²) < 4.78 is 0. The van der Waals surface area contributed by atoms with Gasteiger partial charge in [0.05, 0.1) is 12.0 Å². The second-order valence-electron chi connectivity index (χ2n) is 7.38. The van der Waals surface area contributed by atoms with Crippen LogP contribution >= 0.6 is 0 Å². The Hall–Kier alpha value is -1.46. The molecule has 2 atom stereocenters. The molecule has 1 heterocycles. The molecule has 5 rings (SSSR count). The van der Waals surface area contributed by atoms with Crippen LogP contribution in [-0.4, -0.2) is 31.3 Å². The quantitative estimate of drug-likeness (QED) is 0.909. The summed E-state index contributed by atoms with van der Waals surface area (Å²) >= 11 is 0. The van der Waals surface area contributed by atoms with Crippen molar-refractivity contribution in [2.75, 3.05) is 0 Å². The molecule has 4 saturated carbocycles. The van der Waals surface area contributed by atoms with Crippen molar-refractivity contribution in [2.45, 2.75) is 57.4 Å². The van der Waals surface area contributed by atoms with Gasteiger partial charge in [-0.05, 0) is 67.9 Å². The number of hydrogen-bond donors (Lipinski definition) is 1. The summed E-state index contributed by atoms with van der Waals surface area (Å²) in [5, 5.41) is 22.0. The molecule has 4 fully saturated rings. The molecule has 108 valence electrons. The van der Waals surface area contributed by atoms with Crippen molar-refractivity contribution in [3.63, 3.8) is 0 Å². The van der Waals surface area contributed by atoms with Crippen LogP contribution in [0.3, 0.4) is 0 Å². The average molecular weight is 276 g/mol. The largest absolute Gasteiger partial charge is 0.481 e. The third kappa shape index (κ3) is 1.70. The highest BCUT2D eigenvalue weighted by atomic mass is 16.4. The Bertz CT molecular complexity index is 553. The van der Waals surface area contributed by atoms with Crippen molar-refractivity contribution < 1.29 is 9.90 Å². The molecule has 4 aliphatic rings. The van der Waals surface area contributed by atoms with Gasteiger partial charge in [-0.2, -0.15) is 4.80 Å². The number of aromatic nitrogens is 4. The van der Waals surface area contributed by atoms with Crippen molar-refractivity contribution in [2.24, 2.45) is 17.3 Å². The molecule has 1 aromatic rings. The van der Waals surface area contributed by atoms with Crippen LogP contribution in [0.1, 0.15) is 50.8 Å². The van der Waals surface area contributed by atoms with E-state index in [0.29, 0.717) is 24.1 Å². The minimum atomic E-state index is -0.662. The Kier molecular flexibility index (Phi) is 2.34. The Balaban J connectivity index is 1.73. The monoisotopic (exact) mass is 276 g/mol. The molecular formula is C14H20N4O2. The summed E-state index contributed by atoms with van der Waals surface area (Å²) in [6, 6.07) is 0. The number of nitrogens with zero attached hydrogens (tertiary/aromatic N) is 4. The lowest BCUT2D eigenvalue weighted by molar-refractivity contribution is -0.152. The molecule has 0 amide bonds. The fraction of sp³-hybridized carbons (Fsp3) is 0.857. The van der Waals surface area contributed by atoms with E-state index in [1.54, 1.807) is 0 Å². The van der Waals surface area contributed by atoms with E-state index < -0.39 is 5.97 Å². The third-order valence-corrected chi connectivity index (χ3v) is 5.62. The van der Waals surface area contributed by atoms with E-state index in [9.17, 15) is 9.90 Å². The van der Waals surface area contributed by atoms with E-state index >= 15 is 0 Å². The normalized spacial score (nSPS) is 42.0. The molecule has 4 aliphatic carbocycles. The van der Waals surface area contributed by atoms with Gasteiger partial charge in [0.25, 0.3) is 0 Å². The molecule has 0 radical (unpaired) electrons. The first kappa shape index (κ1) is 12.3. The molecule has 1 N–H and O–H groups in total. The maximum Gasteiger partial charge on any atom is 0.303 e. The maximum atomic E-state index is 11.3. The highest BCUT2D eigenvalue weighted by molar-refractivity contribution is 5.67. The van der Waals surface area contributed by atoms with Crippen LogP contribution in [-0.2, 0) is 10.3 Å². The number of aliphatic carboxylic acids is 1. The number of rotatable bonds is 3. The molecule has 6 heteroatoms. The first-order chi connectivity index (χ1) is 9.49. The molecule has 4 bridgehead atoms. The number of aryl methyl sites for hydroxylation is 1. The minimum Gasteiger partial charge on any atom is -0.481 e. The van der Waals surface area contributed by atoms with E-state index in [0.717, 1.165) is 32.1 Å². The predicted molar refractivity (Wildman–Crippen MR) is 69.9 cm³/mol. The van der Waals surface area contributed by atoms with Crippen LogP contribution < -0.4 is 0 Å². The Labute approximate surface area is 117 Å². The van der Waals surface area contributed by atoms with Crippen molar-refractivity contribution in [1.29, 1.82) is 0 Å². The topological polar surface area (TPSA) is 80.9 Å². The van der Waals surface area contributed by atoms with Gasteiger partial charge in [-0.3, -0.25) is 4.79 Å².